The fraction of sp³-hybridized carbons (Fsp3) is 0.0526. The summed E-state index contributed by atoms with van der Waals surface area (Å²) in [4.78, 5) is 14.5. The third-order valence-electron chi connectivity index (χ3n) is 3.73. The summed E-state index contributed by atoms with van der Waals surface area (Å²) in [5.74, 6) is -0.919. The van der Waals surface area contributed by atoms with E-state index in [9.17, 15) is 19.8 Å². The number of nitro groups is 1. The van der Waals surface area contributed by atoms with E-state index < -0.39 is 16.4 Å². The van der Waals surface area contributed by atoms with Crippen LogP contribution < -0.4 is 5.32 Å². The summed E-state index contributed by atoms with van der Waals surface area (Å²) < 4.78 is 13.4. The van der Waals surface area contributed by atoms with Gasteiger partial charge in [0.15, 0.2) is 0 Å². The SMILES string of the molecule is Cc1ccc(-c2csc(C(C#N)=CNc3ccc(F)c([N+](=O)[O-])c3)n2)cc1. The lowest BCUT2D eigenvalue weighted by molar-refractivity contribution is -0.387. The lowest BCUT2D eigenvalue weighted by atomic mass is 10.1. The number of anilines is 1. The number of nitrogens with zero attached hydrogens (tertiary/aromatic N) is 3. The second-order valence-electron chi connectivity index (χ2n) is 5.64. The number of hydrogen-bond acceptors (Lipinski definition) is 6. The smallest absolute Gasteiger partial charge is 0.306 e. The maximum atomic E-state index is 13.4. The fourth-order valence-electron chi connectivity index (χ4n) is 2.29. The molecule has 1 aromatic heterocycles. The lowest BCUT2D eigenvalue weighted by Crippen LogP contribution is -1.96. The second-order valence-corrected chi connectivity index (χ2v) is 6.50. The summed E-state index contributed by atoms with van der Waals surface area (Å²) in [7, 11) is 0. The van der Waals surface area contributed by atoms with Gasteiger partial charge >= 0.3 is 5.69 Å². The number of halogens is 1. The van der Waals surface area contributed by atoms with Crippen LogP contribution in [0, 0.1) is 34.2 Å². The zero-order chi connectivity index (χ0) is 19.4. The average molecular weight is 380 g/mol. The van der Waals surface area contributed by atoms with Gasteiger partial charge in [0.05, 0.1) is 10.6 Å². The number of benzene rings is 2. The van der Waals surface area contributed by atoms with Gasteiger partial charge in [-0.25, -0.2) is 4.98 Å². The summed E-state index contributed by atoms with van der Waals surface area (Å²) in [5, 5.41) is 25.4. The summed E-state index contributed by atoms with van der Waals surface area (Å²) in [6, 6.07) is 13.4. The van der Waals surface area contributed by atoms with Crippen LogP contribution in [0.4, 0.5) is 15.8 Å². The lowest BCUT2D eigenvalue weighted by Gasteiger charge is -2.02. The molecule has 0 radical (unpaired) electrons. The van der Waals surface area contributed by atoms with Crippen molar-refractivity contribution in [1.82, 2.24) is 4.98 Å². The predicted molar refractivity (Wildman–Crippen MR) is 103 cm³/mol. The summed E-state index contributed by atoms with van der Waals surface area (Å²) in [6.07, 6.45) is 1.40. The van der Waals surface area contributed by atoms with E-state index in [1.807, 2.05) is 42.6 Å². The number of rotatable bonds is 5. The van der Waals surface area contributed by atoms with Crippen molar-refractivity contribution in [2.45, 2.75) is 6.92 Å². The van der Waals surface area contributed by atoms with Crippen LogP contribution in [0.3, 0.4) is 0 Å². The van der Waals surface area contributed by atoms with E-state index in [0.29, 0.717) is 10.7 Å². The van der Waals surface area contributed by atoms with Crippen molar-refractivity contribution in [2.75, 3.05) is 5.32 Å². The van der Waals surface area contributed by atoms with Gasteiger partial charge in [-0.3, -0.25) is 10.1 Å². The Morgan fingerprint density at radius 1 is 1.33 bits per heavy atom. The molecular formula is C19H13FN4O2S. The molecule has 0 aliphatic rings. The molecule has 0 saturated carbocycles. The zero-order valence-electron chi connectivity index (χ0n) is 14.1. The normalized spacial score (nSPS) is 11.1. The molecule has 0 bridgehead atoms. The Hall–Kier alpha value is -3.57. The Labute approximate surface area is 158 Å². The van der Waals surface area contributed by atoms with Gasteiger partial charge in [0, 0.05) is 28.9 Å². The molecular weight excluding hydrogens is 367 g/mol. The van der Waals surface area contributed by atoms with Crippen molar-refractivity contribution in [2.24, 2.45) is 0 Å². The molecule has 0 saturated heterocycles. The molecule has 1 heterocycles. The fourth-order valence-corrected chi connectivity index (χ4v) is 3.09. The number of nitriles is 1. The molecule has 6 nitrogen and oxygen atoms in total. The van der Waals surface area contributed by atoms with E-state index in [4.69, 9.17) is 0 Å². The first kappa shape index (κ1) is 18.2. The Kier molecular flexibility index (Phi) is 5.24. The van der Waals surface area contributed by atoms with E-state index >= 15 is 0 Å². The molecule has 0 unspecified atom stereocenters. The molecule has 0 fully saturated rings. The molecule has 0 aliphatic heterocycles. The highest BCUT2D eigenvalue weighted by Crippen LogP contribution is 2.27. The minimum absolute atomic E-state index is 0.269. The summed E-state index contributed by atoms with van der Waals surface area (Å²) in [5.41, 5.74) is 2.78. The van der Waals surface area contributed by atoms with Crippen molar-refractivity contribution in [3.05, 3.63) is 80.5 Å². The Morgan fingerprint density at radius 2 is 2.07 bits per heavy atom. The van der Waals surface area contributed by atoms with Gasteiger partial charge in [-0.1, -0.05) is 29.8 Å². The molecule has 2 aromatic carbocycles. The van der Waals surface area contributed by atoms with Gasteiger partial charge in [-0.2, -0.15) is 9.65 Å². The molecule has 8 heteroatoms. The van der Waals surface area contributed by atoms with E-state index in [-0.39, 0.29) is 5.57 Å². The van der Waals surface area contributed by atoms with Crippen LogP contribution in [0.1, 0.15) is 10.6 Å². The maximum Gasteiger partial charge on any atom is 0.306 e. The van der Waals surface area contributed by atoms with Crippen LogP contribution in [0.25, 0.3) is 16.8 Å². The number of aromatic nitrogens is 1. The monoisotopic (exact) mass is 380 g/mol. The molecule has 134 valence electrons. The molecule has 0 spiro atoms. The van der Waals surface area contributed by atoms with Crippen molar-refractivity contribution < 1.29 is 9.31 Å². The zero-order valence-corrected chi connectivity index (χ0v) is 15.0. The van der Waals surface area contributed by atoms with Gasteiger partial charge in [0.2, 0.25) is 5.82 Å². The highest BCUT2D eigenvalue weighted by Gasteiger charge is 2.14. The van der Waals surface area contributed by atoms with Crippen LogP contribution in [-0.2, 0) is 0 Å². The predicted octanol–water partition coefficient (Wildman–Crippen LogP) is 5.14. The number of thiazole rings is 1. The van der Waals surface area contributed by atoms with E-state index in [0.717, 1.165) is 29.0 Å². The quantitative estimate of drug-likeness (QED) is 0.376. The number of hydrogen-bond donors (Lipinski definition) is 1. The minimum Gasteiger partial charge on any atom is -0.360 e. The van der Waals surface area contributed by atoms with Crippen LogP contribution in [0.5, 0.6) is 0 Å². The Balaban J connectivity index is 1.83. The second kappa shape index (κ2) is 7.76. The highest BCUT2D eigenvalue weighted by atomic mass is 32.1. The number of nitro benzene ring substituents is 1. The number of aryl methyl sites for hydroxylation is 1. The van der Waals surface area contributed by atoms with Crippen molar-refractivity contribution in [1.29, 1.82) is 5.26 Å². The standard InChI is InChI=1S/C19H13FN4O2S/c1-12-2-4-13(5-3-12)17-11-27-19(23-17)14(9-21)10-22-15-6-7-16(20)18(8-15)24(25)26/h2-8,10-11,22H,1H3. The van der Waals surface area contributed by atoms with Crippen LogP contribution >= 0.6 is 11.3 Å². The minimum atomic E-state index is -0.919. The van der Waals surface area contributed by atoms with Crippen LogP contribution in [0.15, 0.2) is 54.0 Å². The first-order valence-electron chi connectivity index (χ1n) is 7.81. The number of nitrogens with one attached hydrogen (secondary N) is 1. The topological polar surface area (TPSA) is 91.8 Å². The first-order valence-corrected chi connectivity index (χ1v) is 8.69. The Morgan fingerprint density at radius 3 is 2.74 bits per heavy atom. The largest absolute Gasteiger partial charge is 0.360 e. The van der Waals surface area contributed by atoms with Crippen molar-refractivity contribution in [3.8, 4) is 17.3 Å². The summed E-state index contributed by atoms with van der Waals surface area (Å²) in [6.45, 7) is 2.00. The van der Waals surface area contributed by atoms with Gasteiger partial charge < -0.3 is 5.32 Å². The van der Waals surface area contributed by atoms with Gasteiger partial charge in [-0.05, 0) is 19.1 Å². The van der Waals surface area contributed by atoms with Crippen LogP contribution in [-0.4, -0.2) is 9.91 Å². The third-order valence-corrected chi connectivity index (χ3v) is 4.60. The van der Waals surface area contributed by atoms with Gasteiger partial charge in [0.25, 0.3) is 0 Å². The molecule has 1 N–H and O–H groups in total. The average Bonchev–Trinajstić information content (AvgIpc) is 3.14. The van der Waals surface area contributed by atoms with Crippen molar-refractivity contribution in [3.63, 3.8) is 0 Å². The van der Waals surface area contributed by atoms with E-state index in [2.05, 4.69) is 10.3 Å². The first-order chi connectivity index (χ1) is 13.0. The molecule has 3 rings (SSSR count). The molecule has 0 aliphatic carbocycles. The van der Waals surface area contributed by atoms with Crippen molar-refractivity contribution >= 4 is 28.3 Å². The molecule has 3 aromatic rings. The van der Waals surface area contributed by atoms with Crippen LogP contribution in [0.2, 0.25) is 0 Å². The number of allylic oxidation sites excluding steroid dienone is 1. The summed E-state index contributed by atoms with van der Waals surface area (Å²) >= 11 is 1.32. The Bertz CT molecular complexity index is 1070. The molecule has 0 atom stereocenters. The van der Waals surface area contributed by atoms with E-state index in [1.165, 1.54) is 23.6 Å². The van der Waals surface area contributed by atoms with E-state index in [1.54, 1.807) is 0 Å². The molecule has 27 heavy (non-hydrogen) atoms. The molecule has 0 amide bonds. The maximum absolute atomic E-state index is 13.4. The third kappa shape index (κ3) is 4.16. The van der Waals surface area contributed by atoms with Gasteiger partial charge in [-0.15, -0.1) is 11.3 Å². The highest BCUT2D eigenvalue weighted by molar-refractivity contribution is 7.11. The van der Waals surface area contributed by atoms with Gasteiger partial charge in [0.1, 0.15) is 16.6 Å².